The van der Waals surface area contributed by atoms with Crippen molar-refractivity contribution >= 4 is 0 Å². The molecule has 1 N–H and O–H groups in total. The molecule has 1 rings (SSSR count). The van der Waals surface area contributed by atoms with Crippen LogP contribution >= 0.6 is 0 Å². The van der Waals surface area contributed by atoms with Crippen molar-refractivity contribution < 1.29 is 9.13 Å². The first-order chi connectivity index (χ1) is 8.17. The number of rotatable bonds is 7. The monoisotopic (exact) mass is 239 g/mol. The van der Waals surface area contributed by atoms with Crippen LogP contribution in [-0.2, 0) is 4.74 Å². The molecule has 2 atom stereocenters. The molecule has 0 aromatic heterocycles. The first kappa shape index (κ1) is 14.1. The van der Waals surface area contributed by atoms with E-state index in [1.54, 1.807) is 7.11 Å². The summed E-state index contributed by atoms with van der Waals surface area (Å²) in [6, 6.07) is 7.00. The maximum absolute atomic E-state index is 12.9. The number of benzene rings is 1. The van der Waals surface area contributed by atoms with Gasteiger partial charge in [0.1, 0.15) is 5.82 Å². The summed E-state index contributed by atoms with van der Waals surface area (Å²) in [7, 11) is 1.72. The summed E-state index contributed by atoms with van der Waals surface area (Å²) in [5.41, 5.74) is 1.14. The highest BCUT2D eigenvalue weighted by Gasteiger charge is 2.14. The fourth-order valence-corrected chi connectivity index (χ4v) is 2.03. The lowest BCUT2D eigenvalue weighted by Crippen LogP contribution is -2.24. The van der Waals surface area contributed by atoms with E-state index in [2.05, 4.69) is 19.2 Å². The molecular weight excluding hydrogens is 217 g/mol. The average Bonchev–Trinajstić information content (AvgIpc) is 2.30. The van der Waals surface area contributed by atoms with Crippen molar-refractivity contribution in [3.05, 3.63) is 35.6 Å². The van der Waals surface area contributed by atoms with Crippen LogP contribution in [0.25, 0.3) is 0 Å². The third-order valence-corrected chi connectivity index (χ3v) is 2.81. The minimum absolute atomic E-state index is 0.186. The topological polar surface area (TPSA) is 21.3 Å². The molecule has 0 aliphatic heterocycles. The number of methoxy groups -OCH3 is 1. The van der Waals surface area contributed by atoms with E-state index in [0.29, 0.717) is 5.92 Å². The fourth-order valence-electron chi connectivity index (χ4n) is 2.03. The van der Waals surface area contributed by atoms with Gasteiger partial charge < -0.3 is 10.1 Å². The lowest BCUT2D eigenvalue weighted by molar-refractivity contribution is 0.149. The van der Waals surface area contributed by atoms with Crippen LogP contribution in [0.4, 0.5) is 4.39 Å². The molecule has 0 heterocycles. The van der Waals surface area contributed by atoms with E-state index in [0.717, 1.165) is 25.1 Å². The minimum Gasteiger partial charge on any atom is -0.384 e. The average molecular weight is 239 g/mol. The van der Waals surface area contributed by atoms with Crippen molar-refractivity contribution in [1.82, 2.24) is 5.32 Å². The normalized spacial score (nSPS) is 14.6. The van der Waals surface area contributed by atoms with Crippen LogP contribution in [-0.4, -0.2) is 20.3 Å². The van der Waals surface area contributed by atoms with Gasteiger partial charge in [0.25, 0.3) is 0 Å². The number of hydrogen-bond acceptors (Lipinski definition) is 2. The van der Waals surface area contributed by atoms with Crippen LogP contribution in [0, 0.1) is 11.7 Å². The Hall–Kier alpha value is -0.930. The maximum Gasteiger partial charge on any atom is 0.123 e. The first-order valence-corrected chi connectivity index (χ1v) is 6.15. The largest absolute Gasteiger partial charge is 0.384 e. The first-order valence-electron chi connectivity index (χ1n) is 6.15. The van der Waals surface area contributed by atoms with Crippen LogP contribution in [0.3, 0.4) is 0 Å². The molecule has 0 aliphatic carbocycles. The summed E-state index contributed by atoms with van der Waals surface area (Å²) in [6.45, 7) is 5.90. The molecule has 0 saturated carbocycles. The van der Waals surface area contributed by atoms with Gasteiger partial charge >= 0.3 is 0 Å². The Balaban J connectivity index is 2.67. The van der Waals surface area contributed by atoms with Gasteiger partial charge in [-0.3, -0.25) is 0 Å². The Kier molecular flexibility index (Phi) is 6.16. The Morgan fingerprint density at radius 2 is 1.94 bits per heavy atom. The van der Waals surface area contributed by atoms with Crippen LogP contribution in [0.1, 0.15) is 31.9 Å². The summed E-state index contributed by atoms with van der Waals surface area (Å²) in [6.07, 6.45) is 0.993. The van der Waals surface area contributed by atoms with Crippen molar-refractivity contribution in [1.29, 1.82) is 0 Å². The molecule has 0 bridgehead atoms. The zero-order valence-corrected chi connectivity index (χ0v) is 10.9. The van der Waals surface area contributed by atoms with E-state index in [4.69, 9.17) is 4.74 Å². The Morgan fingerprint density at radius 3 is 2.47 bits per heavy atom. The molecular formula is C14H22FNO. The van der Waals surface area contributed by atoms with Gasteiger partial charge in [-0.15, -0.1) is 0 Å². The summed E-state index contributed by atoms with van der Waals surface area (Å²) in [5.74, 6) is 0.294. The molecule has 0 aliphatic rings. The lowest BCUT2D eigenvalue weighted by atomic mass is 9.96. The van der Waals surface area contributed by atoms with Crippen molar-refractivity contribution in [2.45, 2.75) is 26.3 Å². The molecule has 2 nitrogen and oxygen atoms in total. The number of halogens is 1. The molecule has 3 heteroatoms. The Morgan fingerprint density at radius 1 is 1.29 bits per heavy atom. The molecule has 0 spiro atoms. The predicted octanol–water partition coefficient (Wildman–Crippen LogP) is 3.15. The molecule has 17 heavy (non-hydrogen) atoms. The van der Waals surface area contributed by atoms with Crippen LogP contribution < -0.4 is 5.32 Å². The molecule has 1 aromatic carbocycles. The van der Waals surface area contributed by atoms with Gasteiger partial charge in [0, 0.05) is 19.8 Å². The minimum atomic E-state index is -0.186. The second kappa shape index (κ2) is 7.41. The van der Waals surface area contributed by atoms with Crippen molar-refractivity contribution in [3.8, 4) is 0 Å². The van der Waals surface area contributed by atoms with Gasteiger partial charge in [-0.1, -0.05) is 26.0 Å². The molecule has 0 radical (unpaired) electrons. The highest BCUT2D eigenvalue weighted by atomic mass is 19.1. The molecule has 1 aromatic rings. The van der Waals surface area contributed by atoms with Crippen molar-refractivity contribution in [2.24, 2.45) is 5.92 Å². The van der Waals surface area contributed by atoms with E-state index < -0.39 is 0 Å². The second-order valence-electron chi connectivity index (χ2n) is 4.46. The van der Waals surface area contributed by atoms with Gasteiger partial charge in [0.15, 0.2) is 0 Å². The van der Waals surface area contributed by atoms with E-state index in [1.165, 1.54) is 12.1 Å². The van der Waals surface area contributed by atoms with Gasteiger partial charge in [0.05, 0.1) is 0 Å². The van der Waals surface area contributed by atoms with Gasteiger partial charge in [-0.2, -0.15) is 0 Å². The molecule has 96 valence electrons. The summed E-state index contributed by atoms with van der Waals surface area (Å²) in [4.78, 5) is 0. The maximum atomic E-state index is 12.9. The zero-order chi connectivity index (χ0) is 12.7. The standard InChI is InChI=1S/C14H22FNO/c1-4-16-14(9-11(2)10-17-3)12-5-7-13(15)8-6-12/h5-8,11,14,16H,4,9-10H2,1-3H3. The van der Waals surface area contributed by atoms with Gasteiger partial charge in [-0.25, -0.2) is 4.39 Å². The third kappa shape index (κ3) is 4.84. The van der Waals surface area contributed by atoms with Gasteiger partial charge in [0.2, 0.25) is 0 Å². The molecule has 0 saturated heterocycles. The van der Waals surface area contributed by atoms with Crippen LogP contribution in [0.5, 0.6) is 0 Å². The molecule has 2 unspecified atom stereocenters. The summed E-state index contributed by atoms with van der Waals surface area (Å²) in [5, 5.41) is 3.43. The molecule has 0 amide bonds. The lowest BCUT2D eigenvalue weighted by Gasteiger charge is -2.22. The van der Waals surface area contributed by atoms with E-state index >= 15 is 0 Å². The van der Waals surface area contributed by atoms with E-state index in [-0.39, 0.29) is 11.9 Å². The SMILES string of the molecule is CCNC(CC(C)COC)c1ccc(F)cc1. The van der Waals surface area contributed by atoms with Gasteiger partial charge in [-0.05, 0) is 36.6 Å². The predicted molar refractivity (Wildman–Crippen MR) is 68.5 cm³/mol. The number of nitrogens with one attached hydrogen (secondary N) is 1. The smallest absolute Gasteiger partial charge is 0.123 e. The number of ether oxygens (including phenoxy) is 1. The Labute approximate surface area is 103 Å². The van der Waals surface area contributed by atoms with Crippen LogP contribution in [0.15, 0.2) is 24.3 Å². The second-order valence-corrected chi connectivity index (χ2v) is 4.46. The van der Waals surface area contributed by atoms with E-state index in [1.807, 2.05) is 12.1 Å². The summed E-state index contributed by atoms with van der Waals surface area (Å²) < 4.78 is 18.0. The van der Waals surface area contributed by atoms with Crippen molar-refractivity contribution in [2.75, 3.05) is 20.3 Å². The summed E-state index contributed by atoms with van der Waals surface area (Å²) >= 11 is 0. The number of hydrogen-bond donors (Lipinski definition) is 1. The fraction of sp³-hybridized carbons (Fsp3) is 0.571. The van der Waals surface area contributed by atoms with E-state index in [9.17, 15) is 4.39 Å². The molecule has 0 fully saturated rings. The highest BCUT2D eigenvalue weighted by molar-refractivity contribution is 5.20. The van der Waals surface area contributed by atoms with Crippen molar-refractivity contribution in [3.63, 3.8) is 0 Å². The highest BCUT2D eigenvalue weighted by Crippen LogP contribution is 2.21. The third-order valence-electron chi connectivity index (χ3n) is 2.81. The van der Waals surface area contributed by atoms with Crippen LogP contribution in [0.2, 0.25) is 0 Å². The zero-order valence-electron chi connectivity index (χ0n) is 10.9. The quantitative estimate of drug-likeness (QED) is 0.789. The Bertz CT molecular complexity index is 313.